The van der Waals surface area contributed by atoms with Crippen LogP contribution in [0.25, 0.3) is 11.1 Å². The van der Waals surface area contributed by atoms with Crippen LogP contribution in [0, 0.1) is 30.6 Å². The number of ketones is 4. The van der Waals surface area contributed by atoms with Gasteiger partial charge in [-0.3, -0.25) is 28.9 Å². The Labute approximate surface area is 284 Å². The van der Waals surface area contributed by atoms with Gasteiger partial charge in [0.25, 0.3) is 0 Å². The SMILES string of the molecule is COc1ccc(CNCCc2ccc(C)cc2)cc1-c1ccc(O)c2c1C[C@H]1C[C@H]3[C@H](N(C)C)C(=O)C(C(N)=O)C(=O)[C@@]3(O)C(=O)C1C2=O. The number of Topliss-reactive ketones (excluding diaryl/α,β-unsaturated/α-hetero) is 4. The number of phenolic OH excluding ortho intramolecular Hbond substituents is 1. The van der Waals surface area contributed by atoms with Crippen molar-refractivity contribution >= 4 is 29.0 Å². The van der Waals surface area contributed by atoms with Gasteiger partial charge < -0.3 is 26.0 Å². The molecule has 256 valence electrons. The number of aromatic hydroxyl groups is 1. The van der Waals surface area contributed by atoms with Crippen LogP contribution in [-0.4, -0.2) is 83.5 Å². The first kappa shape index (κ1) is 34.2. The molecular formula is C38H41N3O8. The van der Waals surface area contributed by atoms with Crippen molar-refractivity contribution in [3.05, 3.63) is 82.4 Å². The van der Waals surface area contributed by atoms with Crippen LogP contribution < -0.4 is 15.8 Å². The lowest BCUT2D eigenvalue weighted by Crippen LogP contribution is -2.74. The molecule has 0 aliphatic heterocycles. The third kappa shape index (κ3) is 5.65. The van der Waals surface area contributed by atoms with Crippen molar-refractivity contribution in [2.45, 2.75) is 44.4 Å². The molecular weight excluding hydrogens is 626 g/mol. The van der Waals surface area contributed by atoms with Gasteiger partial charge in [-0.05, 0) is 93.2 Å². The van der Waals surface area contributed by atoms with E-state index in [4.69, 9.17) is 10.5 Å². The number of rotatable bonds is 9. The first-order valence-corrected chi connectivity index (χ1v) is 16.4. The molecule has 0 saturated heterocycles. The first-order chi connectivity index (χ1) is 23.3. The van der Waals surface area contributed by atoms with Crippen LogP contribution in [0.3, 0.4) is 0 Å². The maximum absolute atomic E-state index is 14.2. The number of ether oxygens (including phenoxy) is 1. The largest absolute Gasteiger partial charge is 0.507 e. The zero-order chi connectivity index (χ0) is 35.4. The number of amides is 1. The van der Waals surface area contributed by atoms with Crippen molar-refractivity contribution in [3.8, 4) is 22.6 Å². The average molecular weight is 668 g/mol. The fraction of sp³-hybridized carbons (Fsp3) is 0.395. The Kier molecular flexibility index (Phi) is 9.04. The van der Waals surface area contributed by atoms with Crippen LogP contribution >= 0.6 is 0 Å². The molecule has 0 heterocycles. The van der Waals surface area contributed by atoms with E-state index in [1.165, 1.54) is 22.1 Å². The van der Waals surface area contributed by atoms with Gasteiger partial charge >= 0.3 is 0 Å². The normalized spacial score (nSPS) is 26.3. The molecule has 0 aromatic heterocycles. The van der Waals surface area contributed by atoms with Gasteiger partial charge in [-0.15, -0.1) is 0 Å². The summed E-state index contributed by atoms with van der Waals surface area (Å²) in [6.45, 7) is 3.39. The molecule has 49 heavy (non-hydrogen) atoms. The molecule has 0 spiro atoms. The second-order valence-corrected chi connectivity index (χ2v) is 13.7. The molecule has 3 aromatic rings. The number of phenols is 1. The Bertz CT molecular complexity index is 1870. The molecule has 1 amide bonds. The van der Waals surface area contributed by atoms with Gasteiger partial charge in [0.15, 0.2) is 34.7 Å². The minimum atomic E-state index is -2.77. The molecule has 3 aliphatic rings. The van der Waals surface area contributed by atoms with E-state index in [1.807, 2.05) is 18.2 Å². The van der Waals surface area contributed by atoms with Gasteiger partial charge in [0.05, 0.1) is 24.6 Å². The highest BCUT2D eigenvalue weighted by Crippen LogP contribution is 2.52. The Morgan fingerprint density at radius 2 is 1.69 bits per heavy atom. The number of fused-ring (bicyclic) bond motifs is 3. The number of carbonyl (C=O) groups excluding carboxylic acids is 5. The summed E-state index contributed by atoms with van der Waals surface area (Å²) in [4.78, 5) is 69.0. The van der Waals surface area contributed by atoms with Crippen molar-refractivity contribution in [2.75, 3.05) is 27.7 Å². The molecule has 0 radical (unpaired) electrons. The quantitative estimate of drug-likeness (QED) is 0.196. The van der Waals surface area contributed by atoms with Gasteiger partial charge in [0, 0.05) is 18.0 Å². The van der Waals surface area contributed by atoms with Crippen LogP contribution in [0.15, 0.2) is 54.6 Å². The average Bonchev–Trinajstić information content (AvgIpc) is 3.05. The fourth-order valence-corrected chi connectivity index (χ4v) is 8.15. The lowest BCUT2D eigenvalue weighted by atomic mass is 9.52. The summed E-state index contributed by atoms with van der Waals surface area (Å²) in [5.41, 5.74) is 7.84. The van der Waals surface area contributed by atoms with Crippen molar-refractivity contribution < 1.29 is 38.9 Å². The van der Waals surface area contributed by atoms with E-state index in [0.717, 1.165) is 18.5 Å². The second-order valence-electron chi connectivity index (χ2n) is 13.7. The van der Waals surface area contributed by atoms with E-state index in [2.05, 4.69) is 36.5 Å². The number of hydrogen-bond donors (Lipinski definition) is 4. The van der Waals surface area contributed by atoms with Crippen molar-refractivity contribution in [1.82, 2.24) is 10.2 Å². The number of nitrogens with zero attached hydrogens (tertiary/aromatic N) is 1. The number of aliphatic hydroxyl groups is 1. The zero-order valence-electron chi connectivity index (χ0n) is 28.0. The summed E-state index contributed by atoms with van der Waals surface area (Å²) in [7, 11) is 4.66. The second kappa shape index (κ2) is 13.0. The Morgan fingerprint density at radius 3 is 2.35 bits per heavy atom. The minimum absolute atomic E-state index is 0.0267. The van der Waals surface area contributed by atoms with Gasteiger partial charge in [-0.25, -0.2) is 0 Å². The number of carbonyl (C=O) groups is 5. The van der Waals surface area contributed by atoms with E-state index in [0.29, 0.717) is 29.0 Å². The van der Waals surface area contributed by atoms with E-state index >= 15 is 0 Å². The van der Waals surface area contributed by atoms with Gasteiger partial charge in [-0.1, -0.05) is 42.0 Å². The lowest BCUT2D eigenvalue weighted by Gasteiger charge is -2.52. The summed E-state index contributed by atoms with van der Waals surface area (Å²) in [6.07, 6.45) is 0.988. The van der Waals surface area contributed by atoms with Crippen LogP contribution in [-0.2, 0) is 38.6 Å². The maximum Gasteiger partial charge on any atom is 0.235 e. The number of aryl methyl sites for hydroxylation is 1. The highest BCUT2D eigenvalue weighted by atomic mass is 16.5. The van der Waals surface area contributed by atoms with E-state index in [9.17, 15) is 34.2 Å². The number of primary amides is 1. The highest BCUT2D eigenvalue weighted by molar-refractivity contribution is 6.32. The van der Waals surface area contributed by atoms with Crippen molar-refractivity contribution in [3.63, 3.8) is 0 Å². The lowest BCUT2D eigenvalue weighted by molar-refractivity contribution is -0.181. The summed E-state index contributed by atoms with van der Waals surface area (Å²) in [5, 5.41) is 26.3. The third-order valence-corrected chi connectivity index (χ3v) is 10.5. The summed E-state index contributed by atoms with van der Waals surface area (Å²) >= 11 is 0. The molecule has 3 aromatic carbocycles. The fourth-order valence-electron chi connectivity index (χ4n) is 8.15. The zero-order valence-corrected chi connectivity index (χ0v) is 28.0. The molecule has 11 heteroatoms. The predicted octanol–water partition coefficient (Wildman–Crippen LogP) is 2.18. The Balaban J connectivity index is 1.35. The molecule has 2 unspecified atom stereocenters. The molecule has 0 bridgehead atoms. The van der Waals surface area contributed by atoms with Crippen LogP contribution in [0.5, 0.6) is 11.5 Å². The number of benzene rings is 3. The van der Waals surface area contributed by atoms with E-state index < -0.39 is 64.4 Å². The summed E-state index contributed by atoms with van der Waals surface area (Å²) in [6, 6.07) is 16.1. The Morgan fingerprint density at radius 1 is 1.00 bits per heavy atom. The van der Waals surface area contributed by atoms with Crippen LogP contribution in [0.1, 0.15) is 39.0 Å². The Hall–Kier alpha value is -4.71. The number of methoxy groups -OCH3 is 1. The first-order valence-electron chi connectivity index (χ1n) is 16.4. The molecule has 2 saturated carbocycles. The van der Waals surface area contributed by atoms with Crippen molar-refractivity contribution in [2.24, 2.45) is 29.4 Å². The number of hydrogen-bond acceptors (Lipinski definition) is 10. The topological polar surface area (TPSA) is 176 Å². The minimum Gasteiger partial charge on any atom is -0.507 e. The number of likely N-dealkylation sites (N-methyl/N-ethyl adjacent to an activating group) is 1. The van der Waals surface area contributed by atoms with E-state index in [1.54, 1.807) is 27.3 Å². The molecule has 6 rings (SSSR count). The smallest absolute Gasteiger partial charge is 0.235 e. The highest BCUT2D eigenvalue weighted by Gasteiger charge is 2.69. The predicted molar refractivity (Wildman–Crippen MR) is 180 cm³/mol. The summed E-state index contributed by atoms with van der Waals surface area (Å²) < 4.78 is 5.72. The van der Waals surface area contributed by atoms with Gasteiger partial charge in [0.2, 0.25) is 5.91 Å². The van der Waals surface area contributed by atoms with E-state index in [-0.39, 0.29) is 24.2 Å². The summed E-state index contributed by atoms with van der Waals surface area (Å²) in [5.74, 6) is -10.3. The van der Waals surface area contributed by atoms with Crippen molar-refractivity contribution in [1.29, 1.82) is 0 Å². The standard InChI is InChI=1S/C38H41N3O8/c1-19-5-7-20(8-6-19)13-14-40-18-21-9-12-28(49-4)24(15-21)23-10-11-27(42)30-25(23)16-22-17-26-32(41(2)3)34(44)31(37(39)47)36(46)38(26,48)35(45)29(22)33(30)43/h5-12,15,22,26,29,31-32,40,42,48H,13-14,16-18H2,1-4H3,(H2,39,47)/t22-,26-,29?,31?,32-,38-/m0/s1. The monoisotopic (exact) mass is 667 g/mol. The molecule has 6 atom stereocenters. The molecule has 11 nitrogen and oxygen atoms in total. The van der Waals surface area contributed by atoms with Gasteiger partial charge in [0.1, 0.15) is 11.5 Å². The maximum atomic E-state index is 14.2. The van der Waals surface area contributed by atoms with Crippen LogP contribution in [0.2, 0.25) is 0 Å². The molecule has 5 N–H and O–H groups in total. The molecule has 2 fully saturated rings. The number of nitrogens with one attached hydrogen (secondary N) is 1. The van der Waals surface area contributed by atoms with Crippen LogP contribution in [0.4, 0.5) is 0 Å². The molecule has 3 aliphatic carbocycles. The van der Waals surface area contributed by atoms with Gasteiger partial charge in [-0.2, -0.15) is 0 Å². The number of nitrogens with two attached hydrogens (primary N) is 1. The third-order valence-electron chi connectivity index (χ3n) is 10.5.